The van der Waals surface area contributed by atoms with Crippen LogP contribution >= 0.6 is 11.6 Å². The second kappa shape index (κ2) is 9.06. The normalized spacial score (nSPS) is 11.4. The minimum atomic E-state index is -0.821. The molecule has 0 bridgehead atoms. The van der Waals surface area contributed by atoms with Gasteiger partial charge in [0.2, 0.25) is 0 Å². The number of hydrogen-bond donors (Lipinski definition) is 2. The molecule has 0 saturated carbocycles. The number of anilines is 1. The molecular weight excluding hydrogens is 366 g/mol. The second-order valence-corrected chi connectivity index (χ2v) is 6.64. The number of benzene rings is 2. The van der Waals surface area contributed by atoms with Gasteiger partial charge < -0.3 is 15.4 Å². The lowest BCUT2D eigenvalue weighted by Crippen LogP contribution is -2.33. The van der Waals surface area contributed by atoms with Crippen molar-refractivity contribution in [1.82, 2.24) is 5.32 Å². The molecule has 140 valence electrons. The van der Waals surface area contributed by atoms with Crippen LogP contribution in [0, 0.1) is 11.3 Å². The molecule has 1 atom stereocenters. The van der Waals surface area contributed by atoms with E-state index in [1.54, 1.807) is 43.3 Å². The molecule has 0 heterocycles. The van der Waals surface area contributed by atoms with Crippen molar-refractivity contribution in [2.45, 2.75) is 32.9 Å². The van der Waals surface area contributed by atoms with Crippen molar-refractivity contribution < 1.29 is 14.3 Å². The fourth-order valence-electron chi connectivity index (χ4n) is 2.26. The highest BCUT2D eigenvalue weighted by molar-refractivity contribution is 6.31. The van der Waals surface area contributed by atoms with Gasteiger partial charge in [0.1, 0.15) is 5.75 Å². The van der Waals surface area contributed by atoms with Crippen LogP contribution in [0.3, 0.4) is 0 Å². The van der Waals surface area contributed by atoms with Crippen LogP contribution in [0.1, 0.15) is 36.7 Å². The molecule has 0 saturated heterocycles. The van der Waals surface area contributed by atoms with Gasteiger partial charge in [0.05, 0.1) is 22.9 Å². The monoisotopic (exact) mass is 385 g/mol. The molecule has 0 spiro atoms. The molecule has 2 rings (SSSR count). The summed E-state index contributed by atoms with van der Waals surface area (Å²) < 4.78 is 5.59. The van der Waals surface area contributed by atoms with E-state index in [0.717, 1.165) is 0 Å². The number of nitriles is 1. The smallest absolute Gasteiger partial charge is 0.265 e. The van der Waals surface area contributed by atoms with Gasteiger partial charge in [-0.05, 0) is 63.2 Å². The summed E-state index contributed by atoms with van der Waals surface area (Å²) in [5.41, 5.74) is 1.12. The Kier molecular flexibility index (Phi) is 6.80. The molecule has 1 unspecified atom stereocenters. The predicted molar refractivity (Wildman–Crippen MR) is 104 cm³/mol. The minimum Gasteiger partial charge on any atom is -0.481 e. The number of rotatable bonds is 6. The summed E-state index contributed by atoms with van der Waals surface area (Å²) in [6, 6.07) is 13.1. The largest absolute Gasteiger partial charge is 0.481 e. The standard InChI is InChI=1S/C20H20ClN3O3/c1-12(2)23-20(26)17-9-6-15(21)10-18(17)24-19(25)13(3)27-16-7-4-14(11-22)5-8-16/h4-10,12-13H,1-3H3,(H,23,26)(H,24,25). The molecule has 27 heavy (non-hydrogen) atoms. The van der Waals surface area contributed by atoms with Gasteiger partial charge in [-0.1, -0.05) is 11.6 Å². The summed E-state index contributed by atoms with van der Waals surface area (Å²) >= 11 is 6.01. The van der Waals surface area contributed by atoms with E-state index in [4.69, 9.17) is 21.6 Å². The third kappa shape index (κ3) is 5.73. The third-order valence-electron chi connectivity index (χ3n) is 3.57. The van der Waals surface area contributed by atoms with Crippen LogP contribution in [-0.2, 0) is 4.79 Å². The van der Waals surface area contributed by atoms with E-state index in [1.165, 1.54) is 6.07 Å². The van der Waals surface area contributed by atoms with E-state index in [0.29, 0.717) is 27.6 Å². The van der Waals surface area contributed by atoms with Gasteiger partial charge in [-0.3, -0.25) is 9.59 Å². The zero-order valence-corrected chi connectivity index (χ0v) is 16.0. The minimum absolute atomic E-state index is 0.0460. The van der Waals surface area contributed by atoms with Gasteiger partial charge in [0.25, 0.3) is 11.8 Å². The fourth-order valence-corrected chi connectivity index (χ4v) is 2.43. The maximum atomic E-state index is 12.5. The summed E-state index contributed by atoms with van der Waals surface area (Å²) in [6.45, 7) is 5.28. The van der Waals surface area contributed by atoms with Crippen LogP contribution < -0.4 is 15.4 Å². The lowest BCUT2D eigenvalue weighted by molar-refractivity contribution is -0.122. The van der Waals surface area contributed by atoms with E-state index < -0.39 is 12.0 Å². The van der Waals surface area contributed by atoms with Crippen LogP contribution in [-0.4, -0.2) is 24.0 Å². The van der Waals surface area contributed by atoms with Crippen molar-refractivity contribution in [2.24, 2.45) is 0 Å². The predicted octanol–water partition coefficient (Wildman–Crippen LogP) is 3.76. The molecule has 0 aliphatic heterocycles. The number of carbonyl (C=O) groups is 2. The lowest BCUT2D eigenvalue weighted by Gasteiger charge is -2.17. The number of hydrogen-bond acceptors (Lipinski definition) is 4. The van der Waals surface area contributed by atoms with Crippen LogP contribution in [0.4, 0.5) is 5.69 Å². The molecular formula is C20H20ClN3O3. The van der Waals surface area contributed by atoms with E-state index >= 15 is 0 Å². The van der Waals surface area contributed by atoms with E-state index in [2.05, 4.69) is 10.6 Å². The number of ether oxygens (including phenoxy) is 1. The third-order valence-corrected chi connectivity index (χ3v) is 3.80. The first-order valence-electron chi connectivity index (χ1n) is 8.38. The fraction of sp³-hybridized carbons (Fsp3) is 0.250. The molecule has 0 aromatic heterocycles. The summed E-state index contributed by atoms with van der Waals surface area (Å²) in [7, 11) is 0. The Bertz CT molecular complexity index is 873. The molecule has 2 N–H and O–H groups in total. The number of carbonyl (C=O) groups excluding carboxylic acids is 2. The quantitative estimate of drug-likeness (QED) is 0.792. The first-order valence-corrected chi connectivity index (χ1v) is 8.76. The van der Waals surface area contributed by atoms with Crippen LogP contribution in [0.2, 0.25) is 5.02 Å². The first kappa shape index (κ1) is 20.3. The molecule has 0 radical (unpaired) electrons. The Morgan fingerprint density at radius 1 is 1.11 bits per heavy atom. The van der Waals surface area contributed by atoms with Gasteiger partial charge >= 0.3 is 0 Å². The molecule has 0 fully saturated rings. The van der Waals surface area contributed by atoms with Gasteiger partial charge in [0.15, 0.2) is 6.10 Å². The molecule has 6 nitrogen and oxygen atoms in total. The number of nitrogens with one attached hydrogen (secondary N) is 2. The van der Waals surface area contributed by atoms with Crippen LogP contribution in [0.25, 0.3) is 0 Å². The molecule has 2 amide bonds. The zero-order chi connectivity index (χ0) is 20.0. The van der Waals surface area contributed by atoms with Gasteiger partial charge in [-0.15, -0.1) is 0 Å². The van der Waals surface area contributed by atoms with Crippen LogP contribution in [0.5, 0.6) is 5.75 Å². The average Bonchev–Trinajstić information content (AvgIpc) is 2.61. The summed E-state index contributed by atoms with van der Waals surface area (Å²) in [6.07, 6.45) is -0.821. The SMILES string of the molecule is CC(C)NC(=O)c1ccc(Cl)cc1NC(=O)C(C)Oc1ccc(C#N)cc1. The average molecular weight is 386 g/mol. The molecule has 0 aliphatic rings. The molecule has 2 aromatic carbocycles. The number of amides is 2. The Hall–Kier alpha value is -3.04. The summed E-state index contributed by atoms with van der Waals surface area (Å²) in [4.78, 5) is 24.8. The van der Waals surface area contributed by atoms with Crippen molar-refractivity contribution >= 4 is 29.1 Å². The highest BCUT2D eigenvalue weighted by Crippen LogP contribution is 2.22. The van der Waals surface area contributed by atoms with Crippen molar-refractivity contribution in [2.75, 3.05) is 5.32 Å². The van der Waals surface area contributed by atoms with Gasteiger partial charge in [-0.2, -0.15) is 5.26 Å². The second-order valence-electron chi connectivity index (χ2n) is 6.20. The zero-order valence-electron chi connectivity index (χ0n) is 15.2. The Balaban J connectivity index is 2.12. The molecule has 2 aromatic rings. The highest BCUT2D eigenvalue weighted by Gasteiger charge is 2.19. The molecule has 0 aliphatic carbocycles. The van der Waals surface area contributed by atoms with E-state index in [9.17, 15) is 9.59 Å². The maximum absolute atomic E-state index is 12.5. The highest BCUT2D eigenvalue weighted by atomic mass is 35.5. The number of nitrogens with zero attached hydrogens (tertiary/aromatic N) is 1. The number of halogens is 1. The topological polar surface area (TPSA) is 91.2 Å². The first-order chi connectivity index (χ1) is 12.8. The van der Waals surface area contributed by atoms with E-state index in [1.807, 2.05) is 19.9 Å². The Morgan fingerprint density at radius 2 is 1.78 bits per heavy atom. The van der Waals surface area contributed by atoms with Crippen molar-refractivity contribution in [1.29, 1.82) is 5.26 Å². The Morgan fingerprint density at radius 3 is 2.37 bits per heavy atom. The van der Waals surface area contributed by atoms with E-state index in [-0.39, 0.29) is 11.9 Å². The lowest BCUT2D eigenvalue weighted by atomic mass is 10.1. The molecule has 7 heteroatoms. The maximum Gasteiger partial charge on any atom is 0.265 e. The van der Waals surface area contributed by atoms with Gasteiger partial charge in [-0.25, -0.2) is 0 Å². The summed E-state index contributed by atoms with van der Waals surface area (Å²) in [5.74, 6) is -0.279. The summed E-state index contributed by atoms with van der Waals surface area (Å²) in [5, 5.41) is 14.7. The Labute approximate surface area is 163 Å². The van der Waals surface area contributed by atoms with Gasteiger partial charge in [0, 0.05) is 11.1 Å². The van der Waals surface area contributed by atoms with Crippen LogP contribution in [0.15, 0.2) is 42.5 Å². The van der Waals surface area contributed by atoms with Crippen molar-refractivity contribution in [3.05, 3.63) is 58.6 Å². The van der Waals surface area contributed by atoms with Crippen molar-refractivity contribution in [3.63, 3.8) is 0 Å². The van der Waals surface area contributed by atoms with Crippen molar-refractivity contribution in [3.8, 4) is 11.8 Å².